The number of esters is 1. The van der Waals surface area contributed by atoms with Crippen LogP contribution in [-0.4, -0.2) is 40.2 Å². The Kier molecular flexibility index (Phi) is 19.3. The van der Waals surface area contributed by atoms with E-state index in [9.17, 15) is 4.79 Å². The van der Waals surface area contributed by atoms with E-state index in [1.54, 1.807) is 7.11 Å². The molecule has 274 valence electrons. The summed E-state index contributed by atoms with van der Waals surface area (Å²) in [4.78, 5) is 12.9. The minimum atomic E-state index is -2.68. The van der Waals surface area contributed by atoms with Crippen LogP contribution in [0.1, 0.15) is 78.2 Å². The maximum Gasteiger partial charge on any atom is 0.306 e. The fourth-order valence-electron chi connectivity index (χ4n) is 5.99. The van der Waals surface area contributed by atoms with Crippen LogP contribution in [0, 0.1) is 0 Å². The maximum absolute atomic E-state index is 12.9. The minimum absolute atomic E-state index is 0.0846. The molecule has 0 saturated carbocycles. The molecule has 0 radical (unpaired) electrons. The Morgan fingerprint density at radius 2 is 1.45 bits per heavy atom. The highest BCUT2D eigenvalue weighted by molar-refractivity contribution is 14.1. The van der Waals surface area contributed by atoms with Gasteiger partial charge in [-0.1, -0.05) is 166 Å². The highest BCUT2D eigenvalue weighted by atomic mass is 127. The Hall–Kier alpha value is -3.24. The number of carbonyl (C=O) groups excluding carboxylic acids is 1. The van der Waals surface area contributed by atoms with Gasteiger partial charge in [0.15, 0.2) is 0 Å². The Morgan fingerprint density at radius 3 is 2.04 bits per heavy atom. The third kappa shape index (κ3) is 14.4. The van der Waals surface area contributed by atoms with E-state index in [-0.39, 0.29) is 23.2 Å². The molecule has 0 saturated heterocycles. The van der Waals surface area contributed by atoms with Gasteiger partial charge in [-0.3, -0.25) is 4.79 Å². The highest BCUT2D eigenvalue weighted by Crippen LogP contribution is 2.38. The van der Waals surface area contributed by atoms with E-state index in [0.29, 0.717) is 26.1 Å². The second-order valence-corrected chi connectivity index (χ2v) is 18.5. The van der Waals surface area contributed by atoms with Gasteiger partial charge < -0.3 is 18.6 Å². The zero-order valence-electron chi connectivity index (χ0n) is 31.1. The van der Waals surface area contributed by atoms with Crippen LogP contribution in [0.5, 0.6) is 5.75 Å². The lowest BCUT2D eigenvalue weighted by molar-refractivity contribution is -0.152. The number of methoxy groups -OCH3 is 1. The molecule has 0 fully saturated rings. The molecule has 7 heteroatoms. The zero-order chi connectivity index (χ0) is 36.8. The molecule has 0 aliphatic carbocycles. The number of hydrogen-bond donors (Lipinski definition) is 0. The summed E-state index contributed by atoms with van der Waals surface area (Å²) in [6.07, 6.45) is 19.7. The maximum atomic E-state index is 12.9. The molecular weight excluding hydrogens is 763 g/mol. The fraction of sp³-hybridized carbons (Fsp3) is 0.386. The molecule has 0 bridgehead atoms. The van der Waals surface area contributed by atoms with E-state index in [1.165, 1.54) is 10.4 Å². The van der Waals surface area contributed by atoms with Crippen molar-refractivity contribution in [1.29, 1.82) is 0 Å². The molecule has 0 unspecified atom stereocenters. The third-order valence-electron chi connectivity index (χ3n) is 8.59. The summed E-state index contributed by atoms with van der Waals surface area (Å²) < 4.78 is 26.5. The molecule has 0 aliphatic rings. The van der Waals surface area contributed by atoms with Gasteiger partial charge in [0.1, 0.15) is 11.9 Å². The molecule has 0 heterocycles. The highest BCUT2D eigenvalue weighted by Gasteiger charge is 2.51. The second kappa shape index (κ2) is 23.3. The van der Waals surface area contributed by atoms with E-state index in [0.717, 1.165) is 43.4 Å². The van der Waals surface area contributed by atoms with Gasteiger partial charge in [0.25, 0.3) is 8.32 Å². The van der Waals surface area contributed by atoms with Crippen molar-refractivity contribution in [3.63, 3.8) is 0 Å². The molecule has 3 rings (SSSR count). The average Bonchev–Trinajstić information content (AvgIpc) is 3.13. The van der Waals surface area contributed by atoms with Gasteiger partial charge in [-0.15, -0.1) is 0 Å². The summed E-state index contributed by atoms with van der Waals surface area (Å²) in [6, 6.07) is 29.3. The summed E-state index contributed by atoms with van der Waals surface area (Å²) in [7, 11) is -1.03. The molecule has 0 spiro atoms. The number of unbranched alkanes of at least 4 members (excludes halogenated alkanes) is 1. The van der Waals surface area contributed by atoms with E-state index in [2.05, 4.69) is 158 Å². The zero-order valence-corrected chi connectivity index (χ0v) is 34.3. The molecule has 0 N–H and O–H groups in total. The number of carbonyl (C=O) groups is 1. The van der Waals surface area contributed by atoms with Gasteiger partial charge in [-0.05, 0) is 69.3 Å². The molecule has 3 aromatic rings. The number of hydrogen-bond acceptors (Lipinski definition) is 5. The van der Waals surface area contributed by atoms with Crippen LogP contribution in [0.2, 0.25) is 5.04 Å². The number of rotatable bonds is 22. The minimum Gasteiger partial charge on any atom is -0.497 e. The standard InChI is InChI=1S/C44H57IO5Si/c1-6-7-8-9-10-16-23-40(36-48-35-37-29-31-38(47-5)32-30-37)49-43(46)28-21-12-11-15-22-39(33-34-45)50-51(44(2,3)4,41-24-17-13-18-25-41)42-26-19-14-20-27-42/h7-8,10-11,13-20,24-27,29-34,39-40H,6,9,12,21-23,28,35-36H2,1-5H3/b8-7-,15-11-,16-10-,34-33+/t39-,40-/m1/s1. The first-order chi connectivity index (χ1) is 24.7. The quantitative estimate of drug-likeness (QED) is 0.0332. The molecule has 5 nitrogen and oxygen atoms in total. The predicted octanol–water partition coefficient (Wildman–Crippen LogP) is 10.4. The largest absolute Gasteiger partial charge is 0.497 e. The average molecular weight is 821 g/mol. The number of ether oxygens (including phenoxy) is 3. The smallest absolute Gasteiger partial charge is 0.306 e. The predicted molar refractivity (Wildman–Crippen MR) is 224 cm³/mol. The molecule has 0 aliphatic heterocycles. The van der Waals surface area contributed by atoms with Crippen molar-refractivity contribution in [2.45, 2.75) is 96.5 Å². The van der Waals surface area contributed by atoms with Gasteiger partial charge in [0.05, 0.1) is 26.4 Å². The first-order valence-electron chi connectivity index (χ1n) is 18.1. The summed E-state index contributed by atoms with van der Waals surface area (Å²) >= 11 is 2.28. The molecule has 0 aromatic heterocycles. The van der Waals surface area contributed by atoms with Crippen LogP contribution in [0.25, 0.3) is 0 Å². The Bertz CT molecular complexity index is 1470. The van der Waals surface area contributed by atoms with Gasteiger partial charge >= 0.3 is 5.97 Å². The van der Waals surface area contributed by atoms with Crippen LogP contribution in [-0.2, 0) is 25.3 Å². The Morgan fingerprint density at radius 1 is 0.824 bits per heavy atom. The van der Waals surface area contributed by atoms with Gasteiger partial charge in [0, 0.05) is 12.8 Å². The van der Waals surface area contributed by atoms with Gasteiger partial charge in [-0.25, -0.2) is 0 Å². The monoisotopic (exact) mass is 820 g/mol. The van der Waals surface area contributed by atoms with Crippen molar-refractivity contribution in [1.82, 2.24) is 0 Å². The number of halogens is 1. The third-order valence-corrected chi connectivity index (χ3v) is 14.1. The van der Waals surface area contributed by atoms with Gasteiger partial charge in [-0.2, -0.15) is 0 Å². The summed E-state index contributed by atoms with van der Waals surface area (Å²) in [5.41, 5.74) is 1.04. The summed E-state index contributed by atoms with van der Waals surface area (Å²) in [5.74, 6) is 0.616. The molecule has 2 atom stereocenters. The van der Waals surface area contributed by atoms with Crippen molar-refractivity contribution in [2.24, 2.45) is 0 Å². The normalized spacial score (nSPS) is 13.8. The summed E-state index contributed by atoms with van der Waals surface area (Å²) in [6.45, 7) is 9.81. The van der Waals surface area contributed by atoms with Gasteiger partial charge in [0.2, 0.25) is 0 Å². The van der Waals surface area contributed by atoms with Crippen molar-refractivity contribution >= 4 is 47.3 Å². The van der Waals surface area contributed by atoms with E-state index < -0.39 is 8.32 Å². The number of allylic oxidation sites excluding steroid dienone is 4. The SMILES string of the molecule is CC/C=C\C/C=C\C[C@H](COCc1ccc(OC)cc1)OC(=O)CCC/C=C\C[C@H](/C=C/I)O[Si](c1ccccc1)(c1ccccc1)C(C)(C)C. The number of benzene rings is 3. The molecular formula is C44H57IO5Si. The van der Waals surface area contributed by atoms with E-state index >= 15 is 0 Å². The molecule has 3 aromatic carbocycles. The Balaban J connectivity index is 1.57. The molecule has 51 heavy (non-hydrogen) atoms. The van der Waals surface area contributed by atoms with Crippen LogP contribution in [0.3, 0.4) is 0 Å². The first-order valence-corrected chi connectivity index (χ1v) is 21.3. The van der Waals surface area contributed by atoms with E-state index in [1.807, 2.05) is 24.3 Å². The van der Waals surface area contributed by atoms with E-state index in [4.69, 9.17) is 18.6 Å². The van der Waals surface area contributed by atoms with Crippen molar-refractivity contribution in [2.75, 3.05) is 13.7 Å². The van der Waals surface area contributed by atoms with Crippen molar-refractivity contribution < 1.29 is 23.4 Å². The Labute approximate surface area is 322 Å². The van der Waals surface area contributed by atoms with Crippen molar-refractivity contribution in [3.8, 4) is 5.75 Å². The van der Waals surface area contributed by atoms with Crippen LogP contribution in [0.15, 0.2) is 132 Å². The fourth-order valence-corrected chi connectivity index (χ4v) is 11.1. The lowest BCUT2D eigenvalue weighted by atomic mass is 10.2. The van der Waals surface area contributed by atoms with Crippen molar-refractivity contribution in [3.05, 3.63) is 137 Å². The topological polar surface area (TPSA) is 54.0 Å². The summed E-state index contributed by atoms with van der Waals surface area (Å²) in [5, 5.41) is 2.44. The van der Waals surface area contributed by atoms with Crippen LogP contribution < -0.4 is 15.1 Å². The van der Waals surface area contributed by atoms with Crippen LogP contribution >= 0.6 is 22.6 Å². The lowest BCUT2D eigenvalue weighted by Gasteiger charge is -2.44. The second-order valence-electron chi connectivity index (χ2n) is 13.5. The lowest BCUT2D eigenvalue weighted by Crippen LogP contribution is -2.67. The molecule has 0 amide bonds. The van der Waals surface area contributed by atoms with Crippen LogP contribution in [0.4, 0.5) is 0 Å². The first kappa shape index (κ1) is 42.2.